The quantitative estimate of drug-likeness (QED) is 0.591. The first-order valence-corrected chi connectivity index (χ1v) is 4.32. The molecule has 0 aromatic carbocycles. The Morgan fingerprint density at radius 1 is 1.33 bits per heavy atom. The summed E-state index contributed by atoms with van der Waals surface area (Å²) in [5, 5.41) is 8.91. The van der Waals surface area contributed by atoms with Gasteiger partial charge in [-0.25, -0.2) is 9.18 Å². The van der Waals surface area contributed by atoms with Crippen LogP contribution in [0.5, 0.6) is 0 Å². The third kappa shape index (κ3) is 2.58. The minimum Gasteiger partial charge on any atom is -0.463 e. The molecule has 0 fully saturated rings. The van der Waals surface area contributed by atoms with Crippen LogP contribution in [0.4, 0.5) is 17.6 Å². The van der Waals surface area contributed by atoms with Crippen molar-refractivity contribution >= 4 is 5.97 Å². The summed E-state index contributed by atoms with van der Waals surface area (Å²) in [4.78, 5) is 10.8. The molecule has 0 spiro atoms. The molecule has 90 valence electrons. The van der Waals surface area contributed by atoms with Gasteiger partial charge in [0, 0.05) is 0 Å². The van der Waals surface area contributed by atoms with E-state index in [1.165, 1.54) is 6.92 Å². The van der Waals surface area contributed by atoms with Crippen LogP contribution in [0, 0.1) is 0 Å². The van der Waals surface area contributed by atoms with Crippen LogP contribution < -0.4 is 0 Å². The molecule has 2 atom stereocenters. The highest BCUT2D eigenvalue weighted by Crippen LogP contribution is 2.38. The second-order valence-electron chi connectivity index (χ2n) is 2.85. The number of rotatable bonds is 4. The Morgan fingerprint density at radius 2 is 1.80 bits per heavy atom. The van der Waals surface area contributed by atoms with Gasteiger partial charge in [-0.2, -0.15) is 13.2 Å². The molecule has 0 aromatic rings. The summed E-state index contributed by atoms with van der Waals surface area (Å²) in [5.74, 6) is -2.10. The Kier molecular flexibility index (Phi) is 4.51. The molecule has 0 bridgehead atoms. The molecule has 0 heterocycles. The van der Waals surface area contributed by atoms with E-state index in [0.29, 0.717) is 0 Å². The van der Waals surface area contributed by atoms with Gasteiger partial charge in [-0.15, -0.1) is 0 Å². The van der Waals surface area contributed by atoms with Crippen LogP contribution in [0.3, 0.4) is 0 Å². The van der Waals surface area contributed by atoms with Crippen molar-refractivity contribution in [2.45, 2.75) is 38.2 Å². The summed E-state index contributed by atoms with van der Waals surface area (Å²) in [6.07, 6.45) is -8.50. The van der Waals surface area contributed by atoms with Crippen molar-refractivity contribution < 1.29 is 32.2 Å². The molecular weight excluding hydrogens is 220 g/mol. The normalized spacial score (nSPS) is 18.1. The van der Waals surface area contributed by atoms with Crippen molar-refractivity contribution in [2.24, 2.45) is 0 Å². The molecule has 0 aliphatic heterocycles. The van der Waals surface area contributed by atoms with Gasteiger partial charge in [0.05, 0.1) is 6.61 Å². The maximum Gasteiger partial charge on any atom is 0.436 e. The summed E-state index contributed by atoms with van der Waals surface area (Å²) in [6.45, 7) is 1.98. The van der Waals surface area contributed by atoms with Crippen molar-refractivity contribution in [2.75, 3.05) is 6.61 Å². The second kappa shape index (κ2) is 4.78. The molecule has 0 rings (SSSR count). The van der Waals surface area contributed by atoms with Gasteiger partial charge < -0.3 is 9.84 Å². The predicted molar refractivity (Wildman–Crippen MR) is 42.8 cm³/mol. The fourth-order valence-corrected chi connectivity index (χ4v) is 0.958. The van der Waals surface area contributed by atoms with Gasteiger partial charge in [0.25, 0.3) is 0 Å². The molecule has 3 nitrogen and oxygen atoms in total. The zero-order valence-electron chi connectivity index (χ0n) is 8.27. The van der Waals surface area contributed by atoms with Crippen LogP contribution in [0.15, 0.2) is 0 Å². The zero-order valence-corrected chi connectivity index (χ0v) is 8.27. The Morgan fingerprint density at radius 3 is 2.07 bits per heavy atom. The molecule has 0 amide bonds. The lowest BCUT2D eigenvalue weighted by molar-refractivity contribution is -0.262. The summed E-state index contributed by atoms with van der Waals surface area (Å²) in [5.41, 5.74) is -4.35. The molecule has 15 heavy (non-hydrogen) atoms. The Balaban J connectivity index is 5.12. The number of aliphatic hydroxyl groups is 1. The van der Waals surface area contributed by atoms with E-state index in [-0.39, 0.29) is 0 Å². The molecule has 0 radical (unpaired) electrons. The molecule has 0 aliphatic carbocycles. The summed E-state index contributed by atoms with van der Waals surface area (Å²) in [6, 6.07) is 0. The highest BCUT2D eigenvalue weighted by molar-refractivity contribution is 5.81. The van der Waals surface area contributed by atoms with Crippen LogP contribution in [0.1, 0.15) is 20.3 Å². The van der Waals surface area contributed by atoms with E-state index in [0.717, 1.165) is 6.92 Å². The Hall–Kier alpha value is -0.850. The fourth-order valence-electron chi connectivity index (χ4n) is 0.958. The van der Waals surface area contributed by atoms with E-state index < -0.39 is 36.9 Å². The summed E-state index contributed by atoms with van der Waals surface area (Å²) in [7, 11) is 0. The molecule has 1 N–H and O–H groups in total. The number of esters is 1. The smallest absolute Gasteiger partial charge is 0.436 e. The minimum atomic E-state index is -5.49. The largest absolute Gasteiger partial charge is 0.463 e. The van der Waals surface area contributed by atoms with Gasteiger partial charge in [-0.3, -0.25) is 0 Å². The van der Waals surface area contributed by atoms with Crippen molar-refractivity contribution in [3.8, 4) is 0 Å². The van der Waals surface area contributed by atoms with Crippen molar-refractivity contribution in [1.29, 1.82) is 0 Å². The van der Waals surface area contributed by atoms with Gasteiger partial charge >= 0.3 is 17.8 Å². The summed E-state index contributed by atoms with van der Waals surface area (Å²) >= 11 is 0. The number of hydrogen-bond donors (Lipinski definition) is 1. The molecule has 2 unspecified atom stereocenters. The van der Waals surface area contributed by atoms with Crippen LogP contribution in [-0.2, 0) is 9.53 Å². The number of halogens is 4. The third-order valence-corrected chi connectivity index (χ3v) is 1.83. The fraction of sp³-hybridized carbons (Fsp3) is 0.875. The van der Waals surface area contributed by atoms with E-state index in [1.807, 2.05) is 0 Å². The molecule has 7 heteroatoms. The van der Waals surface area contributed by atoms with E-state index in [4.69, 9.17) is 5.11 Å². The van der Waals surface area contributed by atoms with Crippen LogP contribution >= 0.6 is 0 Å². The molecular formula is C8H12F4O3. The van der Waals surface area contributed by atoms with Crippen LogP contribution in [0.25, 0.3) is 0 Å². The molecule has 0 saturated heterocycles. The summed E-state index contributed by atoms with van der Waals surface area (Å²) < 4.78 is 54.2. The number of hydrogen-bond acceptors (Lipinski definition) is 3. The van der Waals surface area contributed by atoms with Crippen molar-refractivity contribution in [3.05, 3.63) is 0 Å². The predicted octanol–water partition coefficient (Wildman–Crippen LogP) is 1.59. The zero-order chi connectivity index (χ0) is 12.3. The lowest BCUT2D eigenvalue weighted by Crippen LogP contribution is -2.57. The van der Waals surface area contributed by atoms with Gasteiger partial charge in [-0.1, -0.05) is 6.92 Å². The monoisotopic (exact) mass is 232 g/mol. The first kappa shape index (κ1) is 14.2. The number of alkyl halides is 4. The lowest BCUT2D eigenvalue weighted by atomic mass is 9.96. The van der Waals surface area contributed by atoms with E-state index in [2.05, 4.69) is 4.74 Å². The van der Waals surface area contributed by atoms with Crippen molar-refractivity contribution in [1.82, 2.24) is 0 Å². The van der Waals surface area contributed by atoms with E-state index in [1.54, 1.807) is 0 Å². The van der Waals surface area contributed by atoms with Gasteiger partial charge in [0.1, 0.15) is 6.10 Å². The van der Waals surface area contributed by atoms with Crippen LogP contribution in [-0.4, -0.2) is 35.6 Å². The third-order valence-electron chi connectivity index (χ3n) is 1.83. The number of aliphatic hydroxyl groups excluding tert-OH is 1. The van der Waals surface area contributed by atoms with Crippen molar-refractivity contribution in [3.63, 3.8) is 0 Å². The average Bonchev–Trinajstić information content (AvgIpc) is 2.13. The topological polar surface area (TPSA) is 46.5 Å². The number of ether oxygens (including phenoxy) is 1. The number of carbonyl (C=O) groups is 1. The Bertz CT molecular complexity index is 228. The van der Waals surface area contributed by atoms with Gasteiger partial charge in [0.15, 0.2) is 0 Å². The van der Waals surface area contributed by atoms with E-state index >= 15 is 0 Å². The van der Waals surface area contributed by atoms with Gasteiger partial charge in [0.2, 0.25) is 0 Å². The molecule has 0 aromatic heterocycles. The SMILES string of the molecule is CCOC(=O)C(F)(C(O)CC)C(F)(F)F. The Labute approximate surface area is 84.0 Å². The maximum absolute atomic E-state index is 13.4. The highest BCUT2D eigenvalue weighted by atomic mass is 19.4. The minimum absolute atomic E-state index is 0.392. The van der Waals surface area contributed by atoms with Crippen LogP contribution in [0.2, 0.25) is 0 Å². The molecule has 0 aliphatic rings. The second-order valence-corrected chi connectivity index (χ2v) is 2.85. The first-order chi connectivity index (χ1) is 6.71. The average molecular weight is 232 g/mol. The first-order valence-electron chi connectivity index (χ1n) is 4.32. The van der Waals surface area contributed by atoms with Gasteiger partial charge in [-0.05, 0) is 13.3 Å². The standard InChI is InChI=1S/C8H12F4O3/c1-3-5(13)7(9,8(10,11)12)6(14)15-4-2/h5,13H,3-4H2,1-2H3. The highest BCUT2D eigenvalue weighted by Gasteiger charge is 2.67. The number of carbonyl (C=O) groups excluding carboxylic acids is 1. The van der Waals surface area contributed by atoms with E-state index in [9.17, 15) is 22.4 Å². The maximum atomic E-state index is 13.4. The lowest BCUT2D eigenvalue weighted by Gasteiger charge is -2.29. The molecule has 0 saturated carbocycles.